The normalized spacial score (nSPS) is 13.4. The molecule has 3 aromatic carbocycles. The van der Waals surface area contributed by atoms with E-state index in [1.807, 2.05) is 0 Å². The van der Waals surface area contributed by atoms with Gasteiger partial charge in [-0.15, -0.1) is 0 Å². The molecule has 157 valence electrons. The standard InChI is InChI=1S/C27H33O2Si/c1-20-12-6-9-15-25(20)23(4)18-28-30(27-17-11-8-14-22(27)3)29-19-24(5)26-16-10-7-13-21(26)2/h6-17,23-24H,18-19H2,1-5H3. The molecule has 0 fully saturated rings. The van der Waals surface area contributed by atoms with Crippen molar-refractivity contribution in [3.05, 3.63) is 101 Å². The summed E-state index contributed by atoms with van der Waals surface area (Å²) in [5.74, 6) is 0.653. The van der Waals surface area contributed by atoms with Gasteiger partial charge >= 0.3 is 9.28 Å². The Morgan fingerprint density at radius 3 is 1.43 bits per heavy atom. The van der Waals surface area contributed by atoms with Crippen LogP contribution in [-0.4, -0.2) is 22.5 Å². The van der Waals surface area contributed by atoms with E-state index >= 15 is 0 Å². The van der Waals surface area contributed by atoms with Gasteiger partial charge in [-0.25, -0.2) is 0 Å². The summed E-state index contributed by atoms with van der Waals surface area (Å²) in [5.41, 5.74) is 6.55. The third kappa shape index (κ3) is 5.69. The van der Waals surface area contributed by atoms with Crippen LogP contribution in [0.4, 0.5) is 0 Å². The fraction of sp³-hybridized carbons (Fsp3) is 0.333. The second-order valence-corrected chi connectivity index (χ2v) is 9.93. The molecule has 2 nitrogen and oxygen atoms in total. The quantitative estimate of drug-likeness (QED) is 0.401. The zero-order chi connectivity index (χ0) is 21.5. The maximum Gasteiger partial charge on any atom is 0.423 e. The molecule has 1 radical (unpaired) electrons. The van der Waals surface area contributed by atoms with E-state index in [1.54, 1.807) is 0 Å². The van der Waals surface area contributed by atoms with Gasteiger partial charge in [-0.05, 0) is 53.8 Å². The number of hydrogen-bond acceptors (Lipinski definition) is 2. The van der Waals surface area contributed by atoms with Crippen molar-refractivity contribution in [2.75, 3.05) is 13.2 Å². The van der Waals surface area contributed by atoms with E-state index in [-0.39, 0.29) is 0 Å². The first kappa shape index (κ1) is 22.5. The third-order valence-electron chi connectivity index (χ3n) is 5.73. The SMILES string of the molecule is Cc1ccccc1C(C)CO[Si](OCC(C)c1ccccc1C)c1ccccc1C. The van der Waals surface area contributed by atoms with Crippen LogP contribution in [-0.2, 0) is 8.85 Å². The van der Waals surface area contributed by atoms with Crippen LogP contribution in [0.25, 0.3) is 0 Å². The van der Waals surface area contributed by atoms with Gasteiger partial charge in [-0.1, -0.05) is 86.6 Å². The molecule has 0 heterocycles. The molecule has 3 aromatic rings. The highest BCUT2D eigenvalue weighted by Crippen LogP contribution is 2.22. The molecule has 0 spiro atoms. The first-order valence-corrected chi connectivity index (χ1v) is 12.1. The molecule has 30 heavy (non-hydrogen) atoms. The molecule has 0 N–H and O–H groups in total. The van der Waals surface area contributed by atoms with Crippen LogP contribution < -0.4 is 5.19 Å². The predicted octanol–water partition coefficient (Wildman–Crippen LogP) is 5.95. The van der Waals surface area contributed by atoms with Crippen LogP contribution in [0.2, 0.25) is 0 Å². The summed E-state index contributed by atoms with van der Waals surface area (Å²) < 4.78 is 13.0. The van der Waals surface area contributed by atoms with Gasteiger partial charge in [0.25, 0.3) is 0 Å². The first-order chi connectivity index (χ1) is 14.5. The second kappa shape index (κ2) is 10.7. The van der Waals surface area contributed by atoms with Gasteiger partial charge in [0.05, 0.1) is 0 Å². The molecule has 2 atom stereocenters. The molecule has 0 aliphatic carbocycles. The third-order valence-corrected chi connectivity index (χ3v) is 7.59. The average Bonchev–Trinajstić information content (AvgIpc) is 2.75. The van der Waals surface area contributed by atoms with Crippen molar-refractivity contribution < 1.29 is 8.85 Å². The van der Waals surface area contributed by atoms with Gasteiger partial charge in [0.2, 0.25) is 0 Å². The summed E-state index contributed by atoms with van der Waals surface area (Å²) in [7, 11) is -1.58. The number of aryl methyl sites for hydroxylation is 3. The van der Waals surface area contributed by atoms with Crippen molar-refractivity contribution in [3.8, 4) is 0 Å². The Bertz CT molecular complexity index is 897. The van der Waals surface area contributed by atoms with Crippen molar-refractivity contribution in [2.45, 2.75) is 46.5 Å². The Hall–Kier alpha value is -2.20. The van der Waals surface area contributed by atoms with Gasteiger partial charge in [0.15, 0.2) is 0 Å². The number of benzene rings is 3. The fourth-order valence-corrected chi connectivity index (χ4v) is 5.69. The summed E-state index contributed by atoms with van der Waals surface area (Å²) in [6.07, 6.45) is 0. The summed E-state index contributed by atoms with van der Waals surface area (Å²) in [6, 6.07) is 25.6. The van der Waals surface area contributed by atoms with Gasteiger partial charge in [-0.3, -0.25) is 0 Å². The van der Waals surface area contributed by atoms with Crippen molar-refractivity contribution in [2.24, 2.45) is 0 Å². The molecule has 0 saturated carbocycles. The van der Waals surface area contributed by atoms with Gasteiger partial charge < -0.3 is 8.85 Å². The lowest BCUT2D eigenvalue weighted by atomic mass is 9.97. The minimum atomic E-state index is -1.58. The van der Waals surface area contributed by atoms with Crippen molar-refractivity contribution in [1.29, 1.82) is 0 Å². The summed E-state index contributed by atoms with van der Waals surface area (Å²) in [6.45, 7) is 12.3. The zero-order valence-electron chi connectivity index (χ0n) is 18.8. The van der Waals surface area contributed by atoms with E-state index in [4.69, 9.17) is 8.85 Å². The Morgan fingerprint density at radius 1 is 0.600 bits per heavy atom. The molecular formula is C27H33O2Si. The maximum absolute atomic E-state index is 6.48. The van der Waals surface area contributed by atoms with Gasteiger partial charge in [-0.2, -0.15) is 0 Å². The molecule has 0 aliphatic heterocycles. The zero-order valence-corrected chi connectivity index (χ0v) is 19.8. The summed E-state index contributed by atoms with van der Waals surface area (Å²) >= 11 is 0. The lowest BCUT2D eigenvalue weighted by molar-refractivity contribution is 0.191. The molecule has 0 aromatic heterocycles. The van der Waals surface area contributed by atoms with Crippen molar-refractivity contribution in [1.82, 2.24) is 0 Å². The monoisotopic (exact) mass is 417 g/mol. The summed E-state index contributed by atoms with van der Waals surface area (Å²) in [4.78, 5) is 0. The largest absolute Gasteiger partial charge is 0.423 e. The van der Waals surface area contributed by atoms with E-state index in [1.165, 1.54) is 33.0 Å². The van der Waals surface area contributed by atoms with Crippen LogP contribution in [0.1, 0.15) is 53.5 Å². The van der Waals surface area contributed by atoms with Crippen LogP contribution in [0.5, 0.6) is 0 Å². The highest BCUT2D eigenvalue weighted by atomic mass is 28.3. The second-order valence-electron chi connectivity index (χ2n) is 8.24. The first-order valence-electron chi connectivity index (χ1n) is 10.8. The number of rotatable bonds is 9. The topological polar surface area (TPSA) is 18.5 Å². The molecule has 2 unspecified atom stereocenters. The van der Waals surface area contributed by atoms with Crippen LogP contribution in [0.15, 0.2) is 72.8 Å². The Labute approximate surface area is 183 Å². The molecule has 0 aliphatic rings. The minimum absolute atomic E-state index is 0.326. The predicted molar refractivity (Wildman–Crippen MR) is 128 cm³/mol. The Morgan fingerprint density at radius 2 is 1.00 bits per heavy atom. The number of hydrogen-bond donors (Lipinski definition) is 0. The highest BCUT2D eigenvalue weighted by molar-refractivity contribution is 6.61. The van der Waals surface area contributed by atoms with Gasteiger partial charge in [0.1, 0.15) is 0 Å². The van der Waals surface area contributed by atoms with Crippen molar-refractivity contribution in [3.63, 3.8) is 0 Å². The van der Waals surface area contributed by atoms with Crippen molar-refractivity contribution >= 4 is 14.5 Å². The van der Waals surface area contributed by atoms with E-state index in [9.17, 15) is 0 Å². The molecule has 3 heteroatoms. The Balaban J connectivity index is 1.72. The molecule has 0 bridgehead atoms. The Kier molecular flexibility index (Phi) is 8.03. The van der Waals surface area contributed by atoms with Crippen LogP contribution in [0.3, 0.4) is 0 Å². The van der Waals surface area contributed by atoms with E-state index in [2.05, 4.69) is 107 Å². The highest BCUT2D eigenvalue weighted by Gasteiger charge is 2.24. The van der Waals surface area contributed by atoms with Crippen LogP contribution >= 0.6 is 0 Å². The van der Waals surface area contributed by atoms with Crippen LogP contribution in [0, 0.1) is 20.8 Å². The molecule has 0 saturated heterocycles. The smallest absolute Gasteiger partial charge is 0.389 e. The fourth-order valence-electron chi connectivity index (χ4n) is 3.86. The van der Waals surface area contributed by atoms with E-state index < -0.39 is 9.28 Å². The lowest BCUT2D eigenvalue weighted by Crippen LogP contribution is -2.40. The summed E-state index contributed by atoms with van der Waals surface area (Å²) in [5, 5.41) is 1.21. The van der Waals surface area contributed by atoms with E-state index in [0.29, 0.717) is 25.0 Å². The molecular weight excluding hydrogens is 384 g/mol. The molecule has 0 amide bonds. The average molecular weight is 418 g/mol. The minimum Gasteiger partial charge on any atom is -0.389 e. The molecule has 3 rings (SSSR count). The maximum atomic E-state index is 6.48. The van der Waals surface area contributed by atoms with Gasteiger partial charge in [0, 0.05) is 25.0 Å². The lowest BCUT2D eigenvalue weighted by Gasteiger charge is -2.23. The van der Waals surface area contributed by atoms with E-state index in [0.717, 1.165) is 0 Å².